The molecule has 0 saturated carbocycles. The molecule has 0 spiro atoms. The third-order valence-corrected chi connectivity index (χ3v) is 5.89. The summed E-state index contributed by atoms with van der Waals surface area (Å²) in [7, 11) is 0. The van der Waals surface area contributed by atoms with Crippen LogP contribution in [0.5, 0.6) is 0 Å². The van der Waals surface area contributed by atoms with E-state index < -0.39 is 5.69 Å². The molecule has 1 aliphatic rings. The van der Waals surface area contributed by atoms with Crippen molar-refractivity contribution in [3.63, 3.8) is 0 Å². The summed E-state index contributed by atoms with van der Waals surface area (Å²) in [6.45, 7) is 2.64. The molecule has 31 heavy (non-hydrogen) atoms. The second-order valence-corrected chi connectivity index (χ2v) is 7.81. The molecule has 0 atom stereocenters. The molecule has 3 aromatic carbocycles. The zero-order chi connectivity index (χ0) is 21.4. The van der Waals surface area contributed by atoms with Crippen molar-refractivity contribution in [1.82, 2.24) is 9.55 Å². The Balaban J connectivity index is 1.67. The summed E-state index contributed by atoms with van der Waals surface area (Å²) < 4.78 is 6.65. The first kappa shape index (κ1) is 19.6. The van der Waals surface area contributed by atoms with E-state index in [1.807, 2.05) is 48.5 Å². The SMILES string of the molecule is O=c1[nH]c2cc(-c3ccccc3Cl)ccc2c(=O)n1-c1ccccc1N1CCOCC1. The number of anilines is 1. The van der Waals surface area contributed by atoms with Crippen molar-refractivity contribution >= 4 is 28.2 Å². The molecule has 0 unspecified atom stereocenters. The van der Waals surface area contributed by atoms with E-state index in [2.05, 4.69) is 9.88 Å². The quantitative estimate of drug-likeness (QED) is 0.533. The van der Waals surface area contributed by atoms with Gasteiger partial charge in [-0.1, -0.05) is 48.0 Å². The number of hydrogen-bond acceptors (Lipinski definition) is 4. The van der Waals surface area contributed by atoms with E-state index in [1.54, 1.807) is 18.2 Å². The van der Waals surface area contributed by atoms with Gasteiger partial charge in [0, 0.05) is 23.7 Å². The first-order valence-corrected chi connectivity index (χ1v) is 10.5. The molecule has 0 bridgehead atoms. The van der Waals surface area contributed by atoms with Crippen LogP contribution in [0.4, 0.5) is 5.69 Å². The van der Waals surface area contributed by atoms with E-state index in [9.17, 15) is 9.59 Å². The van der Waals surface area contributed by atoms with Crippen molar-refractivity contribution in [1.29, 1.82) is 0 Å². The molecule has 6 nitrogen and oxygen atoms in total. The van der Waals surface area contributed by atoms with Crippen molar-refractivity contribution in [2.75, 3.05) is 31.2 Å². The van der Waals surface area contributed by atoms with Gasteiger partial charge in [0.2, 0.25) is 0 Å². The van der Waals surface area contributed by atoms with Crippen LogP contribution in [0.1, 0.15) is 0 Å². The van der Waals surface area contributed by atoms with Crippen molar-refractivity contribution in [3.8, 4) is 16.8 Å². The van der Waals surface area contributed by atoms with Crippen molar-refractivity contribution in [2.45, 2.75) is 0 Å². The van der Waals surface area contributed by atoms with Gasteiger partial charge in [-0.25, -0.2) is 9.36 Å². The number of para-hydroxylation sites is 2. The number of ether oxygens (including phenoxy) is 1. The minimum atomic E-state index is -0.477. The van der Waals surface area contributed by atoms with E-state index in [4.69, 9.17) is 16.3 Å². The number of aromatic amines is 1. The van der Waals surface area contributed by atoms with Gasteiger partial charge in [0.1, 0.15) is 0 Å². The van der Waals surface area contributed by atoms with Gasteiger partial charge in [0.25, 0.3) is 5.56 Å². The summed E-state index contributed by atoms with van der Waals surface area (Å²) in [4.78, 5) is 31.4. The molecule has 4 aromatic rings. The number of morpholine rings is 1. The Morgan fingerprint density at radius 1 is 0.871 bits per heavy atom. The molecule has 7 heteroatoms. The number of hydrogen-bond donors (Lipinski definition) is 1. The fourth-order valence-electron chi connectivity index (χ4n) is 4.02. The normalized spacial score (nSPS) is 14.2. The first-order chi connectivity index (χ1) is 15.1. The summed E-state index contributed by atoms with van der Waals surface area (Å²) in [5, 5.41) is 1.05. The Kier molecular flexibility index (Phi) is 5.10. The topological polar surface area (TPSA) is 67.3 Å². The standard InChI is InChI=1S/C24H20ClN3O3/c25-19-6-2-1-5-17(19)16-9-10-18-20(15-16)26-24(30)28(23(18)29)22-8-4-3-7-21(22)27-11-13-31-14-12-27/h1-10,15H,11-14H2,(H,26,30). The molecule has 1 aliphatic heterocycles. The number of fused-ring (bicyclic) bond motifs is 1. The Labute approximate surface area is 183 Å². The maximum atomic E-state index is 13.4. The third-order valence-electron chi connectivity index (χ3n) is 5.56. The fraction of sp³-hybridized carbons (Fsp3) is 0.167. The molecular weight excluding hydrogens is 414 g/mol. The molecule has 1 aromatic heterocycles. The minimum Gasteiger partial charge on any atom is -0.378 e. The number of halogens is 1. The highest BCUT2D eigenvalue weighted by Crippen LogP contribution is 2.29. The summed E-state index contributed by atoms with van der Waals surface area (Å²) in [6, 6.07) is 20.3. The highest BCUT2D eigenvalue weighted by Gasteiger charge is 2.19. The fourth-order valence-corrected chi connectivity index (χ4v) is 4.27. The van der Waals surface area contributed by atoms with E-state index in [0.717, 1.165) is 16.8 Å². The molecule has 156 valence electrons. The average Bonchev–Trinajstić information content (AvgIpc) is 2.80. The number of H-pyrrole nitrogens is 1. The zero-order valence-corrected chi connectivity index (χ0v) is 17.4. The summed E-state index contributed by atoms with van der Waals surface area (Å²) in [5.41, 5.74) is 2.72. The number of nitrogens with one attached hydrogen (secondary N) is 1. The smallest absolute Gasteiger partial charge is 0.333 e. The lowest BCUT2D eigenvalue weighted by Gasteiger charge is -2.30. The van der Waals surface area contributed by atoms with Gasteiger partial charge < -0.3 is 14.6 Å². The lowest BCUT2D eigenvalue weighted by molar-refractivity contribution is 0.122. The summed E-state index contributed by atoms with van der Waals surface area (Å²) in [5.74, 6) is 0. The van der Waals surface area contributed by atoms with E-state index in [1.165, 1.54) is 4.57 Å². The zero-order valence-electron chi connectivity index (χ0n) is 16.7. The second-order valence-electron chi connectivity index (χ2n) is 7.40. The van der Waals surface area contributed by atoms with E-state index in [-0.39, 0.29) is 5.56 Å². The number of nitrogens with zero attached hydrogens (tertiary/aromatic N) is 2. The van der Waals surface area contributed by atoms with Gasteiger partial charge in [0.05, 0.1) is 35.5 Å². The van der Waals surface area contributed by atoms with Gasteiger partial charge in [-0.05, 0) is 35.9 Å². The molecule has 2 heterocycles. The summed E-state index contributed by atoms with van der Waals surface area (Å²) in [6.07, 6.45) is 0. The van der Waals surface area contributed by atoms with Crippen LogP contribution in [0.3, 0.4) is 0 Å². The Morgan fingerprint density at radius 2 is 1.58 bits per heavy atom. The Morgan fingerprint density at radius 3 is 2.35 bits per heavy atom. The molecule has 0 radical (unpaired) electrons. The maximum absolute atomic E-state index is 13.4. The average molecular weight is 434 g/mol. The van der Waals surface area contributed by atoms with Crippen molar-refractivity contribution in [2.24, 2.45) is 0 Å². The van der Waals surface area contributed by atoms with E-state index >= 15 is 0 Å². The lowest BCUT2D eigenvalue weighted by atomic mass is 10.0. The van der Waals surface area contributed by atoms with Gasteiger partial charge in [-0.15, -0.1) is 0 Å². The highest BCUT2D eigenvalue weighted by atomic mass is 35.5. The minimum absolute atomic E-state index is 0.356. The van der Waals surface area contributed by atoms with Crippen LogP contribution in [-0.4, -0.2) is 35.9 Å². The summed E-state index contributed by atoms with van der Waals surface area (Å²) >= 11 is 6.32. The Hall–Kier alpha value is -3.35. The first-order valence-electron chi connectivity index (χ1n) is 10.1. The second kappa shape index (κ2) is 8.06. The van der Waals surface area contributed by atoms with Crippen LogP contribution in [0, 0.1) is 0 Å². The molecular formula is C24H20ClN3O3. The van der Waals surface area contributed by atoms with Gasteiger partial charge >= 0.3 is 5.69 Å². The third kappa shape index (κ3) is 3.54. The van der Waals surface area contributed by atoms with Crippen LogP contribution >= 0.6 is 11.6 Å². The van der Waals surface area contributed by atoms with Crippen LogP contribution in [0.25, 0.3) is 27.7 Å². The van der Waals surface area contributed by atoms with Crippen molar-refractivity contribution < 1.29 is 4.74 Å². The van der Waals surface area contributed by atoms with Gasteiger partial charge in [-0.2, -0.15) is 0 Å². The van der Waals surface area contributed by atoms with Crippen LogP contribution < -0.4 is 16.1 Å². The molecule has 0 amide bonds. The predicted molar refractivity (Wildman–Crippen MR) is 124 cm³/mol. The largest absolute Gasteiger partial charge is 0.378 e. The molecule has 1 N–H and O–H groups in total. The molecule has 1 saturated heterocycles. The number of rotatable bonds is 3. The Bertz CT molecular complexity index is 1390. The lowest BCUT2D eigenvalue weighted by Crippen LogP contribution is -2.39. The van der Waals surface area contributed by atoms with Crippen molar-refractivity contribution in [3.05, 3.63) is 92.6 Å². The monoisotopic (exact) mass is 433 g/mol. The molecule has 1 fully saturated rings. The number of benzene rings is 3. The maximum Gasteiger partial charge on any atom is 0.333 e. The van der Waals surface area contributed by atoms with Gasteiger partial charge in [-0.3, -0.25) is 4.79 Å². The van der Waals surface area contributed by atoms with Crippen LogP contribution in [0.15, 0.2) is 76.3 Å². The molecule has 5 rings (SSSR count). The highest BCUT2D eigenvalue weighted by molar-refractivity contribution is 6.33. The van der Waals surface area contributed by atoms with Crippen LogP contribution in [0.2, 0.25) is 5.02 Å². The van der Waals surface area contributed by atoms with E-state index in [0.29, 0.717) is 47.9 Å². The molecule has 0 aliphatic carbocycles. The predicted octanol–water partition coefficient (Wildman–Crippen LogP) is 3.84. The number of aromatic nitrogens is 2. The van der Waals surface area contributed by atoms with Crippen LogP contribution in [-0.2, 0) is 4.74 Å². The van der Waals surface area contributed by atoms with Gasteiger partial charge in [0.15, 0.2) is 0 Å².